The van der Waals surface area contributed by atoms with Gasteiger partial charge >= 0.3 is 35.5 Å². The first-order chi connectivity index (χ1) is 10.5. The van der Waals surface area contributed by atoms with E-state index in [4.69, 9.17) is 0 Å². The van der Waals surface area contributed by atoms with Crippen LogP contribution in [0.25, 0.3) is 0 Å². The molecule has 0 aliphatic heterocycles. The van der Waals surface area contributed by atoms with Gasteiger partial charge in [0.1, 0.15) is 0 Å². The van der Waals surface area contributed by atoms with Gasteiger partial charge in [0.25, 0.3) is 10.4 Å². The van der Waals surface area contributed by atoms with E-state index < -0.39 is 16.4 Å². The van der Waals surface area contributed by atoms with Gasteiger partial charge in [0.05, 0.1) is 6.42 Å². The summed E-state index contributed by atoms with van der Waals surface area (Å²) in [7, 11) is -4.92. The fourth-order valence-electron chi connectivity index (χ4n) is 2.21. The first-order valence-corrected chi connectivity index (χ1v) is 9.68. The van der Waals surface area contributed by atoms with Crippen molar-refractivity contribution in [1.82, 2.24) is 5.32 Å². The maximum atomic E-state index is 10.9. The van der Waals surface area contributed by atoms with Crippen LogP contribution in [-0.4, -0.2) is 32.0 Å². The molecule has 0 aliphatic carbocycles. The molecule has 0 spiro atoms. The average molecular weight is 359 g/mol. The van der Waals surface area contributed by atoms with Crippen LogP contribution in [0.5, 0.6) is 0 Å². The molecule has 8 heteroatoms. The van der Waals surface area contributed by atoms with Crippen LogP contribution in [0.2, 0.25) is 0 Å². The van der Waals surface area contributed by atoms with E-state index in [9.17, 15) is 17.8 Å². The Morgan fingerprint density at radius 3 is 1.87 bits per heavy atom. The normalized spacial score (nSPS) is 11.0. The second kappa shape index (κ2) is 17.2. The Hall–Kier alpha value is 0.340. The van der Waals surface area contributed by atoms with Crippen molar-refractivity contribution < 1.29 is 51.5 Å². The van der Waals surface area contributed by atoms with Gasteiger partial charge in [-0.15, -0.1) is 0 Å². The summed E-state index contributed by atoms with van der Waals surface area (Å²) < 4.78 is 34.2. The van der Waals surface area contributed by atoms with E-state index in [1.807, 2.05) is 0 Å². The third-order valence-corrected chi connectivity index (χ3v) is 3.80. The topological polar surface area (TPSA) is 95.5 Å². The summed E-state index contributed by atoms with van der Waals surface area (Å²) in [4.78, 5) is 10.9. The maximum absolute atomic E-state index is 10.9. The molecule has 0 heterocycles. The maximum Gasteiger partial charge on any atom is 1.00 e. The number of hydrogen-bond donors (Lipinski definition) is 1. The van der Waals surface area contributed by atoms with Gasteiger partial charge < -0.3 is 14.1 Å². The Balaban J connectivity index is 0. The fraction of sp³-hybridized carbons (Fsp3) is 0.933. The summed E-state index contributed by atoms with van der Waals surface area (Å²) in [5, 5.41) is 3.03. The first kappa shape index (κ1) is 25.6. The molecule has 0 saturated heterocycles. The van der Waals surface area contributed by atoms with E-state index in [-0.39, 0.29) is 36.0 Å². The Morgan fingerprint density at radius 2 is 1.39 bits per heavy atom. The van der Waals surface area contributed by atoms with Crippen molar-refractivity contribution in [2.45, 2.75) is 77.6 Å². The largest absolute Gasteiger partial charge is 1.00 e. The summed E-state index contributed by atoms with van der Waals surface area (Å²) in [6.45, 7) is 3.34. The van der Waals surface area contributed by atoms with Gasteiger partial charge in [0.15, 0.2) is 0 Å². The van der Waals surface area contributed by atoms with Crippen molar-refractivity contribution >= 4 is 16.4 Å². The summed E-state index contributed by atoms with van der Waals surface area (Å²) in [6, 6.07) is 0. The predicted molar refractivity (Wildman–Crippen MR) is 85.1 cm³/mol. The number of unbranched alkanes of at least 4 members (excludes halogenated alkanes) is 9. The Kier molecular flexibility index (Phi) is 19.1. The van der Waals surface area contributed by atoms with Crippen molar-refractivity contribution in [2.24, 2.45) is 0 Å². The third-order valence-electron chi connectivity index (χ3n) is 3.41. The van der Waals surface area contributed by atoms with E-state index in [0.29, 0.717) is 6.54 Å². The van der Waals surface area contributed by atoms with Crippen molar-refractivity contribution in [3.8, 4) is 0 Å². The molecule has 0 aromatic heterocycles. The molecule has 0 aliphatic rings. The summed E-state index contributed by atoms with van der Waals surface area (Å²) in [5.41, 5.74) is 0. The zero-order valence-corrected chi connectivity index (χ0v) is 17.5. The number of carbonyl (C=O) groups is 1. The minimum atomic E-state index is -4.92. The molecule has 0 radical (unpaired) electrons. The summed E-state index contributed by atoms with van der Waals surface area (Å²) in [6.07, 6.45) is 12.6. The van der Waals surface area contributed by atoms with Gasteiger partial charge in [-0.3, -0.25) is 4.79 Å². The summed E-state index contributed by atoms with van der Waals surface area (Å²) >= 11 is 0. The van der Waals surface area contributed by atoms with Crippen LogP contribution in [-0.2, 0) is 19.4 Å². The van der Waals surface area contributed by atoms with Crippen molar-refractivity contribution in [1.29, 1.82) is 0 Å². The van der Waals surface area contributed by atoms with Gasteiger partial charge in [0.2, 0.25) is 0 Å². The molecule has 132 valence electrons. The molecular weight excluding hydrogens is 329 g/mol. The zero-order chi connectivity index (χ0) is 16.7. The molecular formula is C15H30NNaO5S. The molecule has 6 nitrogen and oxygen atoms in total. The van der Waals surface area contributed by atoms with Gasteiger partial charge in [-0.25, -0.2) is 8.42 Å². The number of carbonyl (C=O) groups excluding carboxylic acids is 1. The second-order valence-electron chi connectivity index (χ2n) is 5.55. The molecule has 0 saturated carbocycles. The van der Waals surface area contributed by atoms with E-state index >= 15 is 0 Å². The quantitative estimate of drug-likeness (QED) is 0.190. The third kappa shape index (κ3) is 22.3. The molecule has 23 heavy (non-hydrogen) atoms. The zero-order valence-electron chi connectivity index (χ0n) is 14.6. The number of nitrogens with one attached hydrogen (secondary N) is 1. The monoisotopic (exact) mass is 359 g/mol. The SMILES string of the molecule is CCCCCCCCCCCCNCCC(=O)OS(=O)(=O)[O-].[Na+]. The first-order valence-electron chi connectivity index (χ1n) is 8.34. The Morgan fingerprint density at radius 1 is 0.913 bits per heavy atom. The van der Waals surface area contributed by atoms with Crippen LogP contribution in [0.4, 0.5) is 0 Å². The van der Waals surface area contributed by atoms with Crippen LogP contribution in [0.1, 0.15) is 77.6 Å². The predicted octanol–water partition coefficient (Wildman–Crippen LogP) is -0.106. The van der Waals surface area contributed by atoms with Crippen LogP contribution in [0.3, 0.4) is 0 Å². The molecule has 0 unspecified atom stereocenters. The molecule has 1 N–H and O–H groups in total. The standard InChI is InChI=1S/C15H31NO5S.Na/c1-2-3-4-5-6-7-8-9-10-11-13-16-14-12-15(17)21-22(18,19)20;/h16H,2-14H2,1H3,(H,18,19,20);/q;+1/p-1. The van der Waals surface area contributed by atoms with E-state index in [0.717, 1.165) is 19.4 Å². The smallest absolute Gasteiger partial charge is 0.716 e. The molecule has 0 bridgehead atoms. The molecule has 0 aromatic carbocycles. The summed E-state index contributed by atoms with van der Waals surface area (Å²) in [5.74, 6) is -1.01. The van der Waals surface area contributed by atoms with E-state index in [1.54, 1.807) is 0 Å². The Labute approximate surface area is 163 Å². The van der Waals surface area contributed by atoms with Crippen LogP contribution >= 0.6 is 0 Å². The van der Waals surface area contributed by atoms with Crippen molar-refractivity contribution in [3.05, 3.63) is 0 Å². The van der Waals surface area contributed by atoms with Gasteiger partial charge in [-0.1, -0.05) is 64.7 Å². The minimum Gasteiger partial charge on any atom is -0.716 e. The van der Waals surface area contributed by atoms with Gasteiger partial charge in [0, 0.05) is 6.54 Å². The molecule has 0 rings (SSSR count). The number of hydrogen-bond acceptors (Lipinski definition) is 6. The fourth-order valence-corrected chi connectivity index (χ4v) is 2.52. The van der Waals surface area contributed by atoms with E-state index in [2.05, 4.69) is 16.4 Å². The van der Waals surface area contributed by atoms with Crippen LogP contribution in [0, 0.1) is 0 Å². The molecule has 0 atom stereocenters. The van der Waals surface area contributed by atoms with Crippen molar-refractivity contribution in [3.63, 3.8) is 0 Å². The molecule has 0 aromatic rings. The molecule has 0 fully saturated rings. The average Bonchev–Trinajstić information content (AvgIpc) is 2.42. The second-order valence-corrected chi connectivity index (χ2v) is 6.53. The molecule has 0 amide bonds. The number of rotatable bonds is 15. The van der Waals surface area contributed by atoms with Gasteiger partial charge in [-0.2, -0.15) is 0 Å². The van der Waals surface area contributed by atoms with Crippen LogP contribution < -0.4 is 34.9 Å². The van der Waals surface area contributed by atoms with Crippen LogP contribution in [0.15, 0.2) is 0 Å². The minimum absolute atomic E-state index is 0. The van der Waals surface area contributed by atoms with E-state index in [1.165, 1.54) is 51.4 Å². The van der Waals surface area contributed by atoms with Gasteiger partial charge in [-0.05, 0) is 13.0 Å². The Bertz CT molecular complexity index is 376. The van der Waals surface area contributed by atoms with Crippen molar-refractivity contribution in [2.75, 3.05) is 13.1 Å².